The summed E-state index contributed by atoms with van der Waals surface area (Å²) in [5.74, 6) is -0.461. The minimum atomic E-state index is -0.221. The molecule has 2 N–H and O–H groups in total. The summed E-state index contributed by atoms with van der Waals surface area (Å²) in [6.45, 7) is 0. The second-order valence-corrected chi connectivity index (χ2v) is 3.53. The molecular formula is C9H5N13. The van der Waals surface area contributed by atoms with Gasteiger partial charge in [-0.05, 0) is 0 Å². The van der Waals surface area contributed by atoms with Crippen molar-refractivity contribution in [3.05, 3.63) is 19.0 Å². The fourth-order valence-corrected chi connectivity index (χ4v) is 1.25. The van der Waals surface area contributed by atoms with Gasteiger partial charge in [-0.25, -0.2) is 0 Å². The quantitative estimate of drug-likeness (QED) is 0.592. The van der Waals surface area contributed by atoms with Crippen LogP contribution in [-0.2, 0) is 0 Å². The molecule has 106 valence electrons. The van der Waals surface area contributed by atoms with Gasteiger partial charge < -0.3 is 0 Å². The van der Waals surface area contributed by atoms with Crippen molar-refractivity contribution >= 4 is 35.7 Å². The van der Waals surface area contributed by atoms with Crippen molar-refractivity contribution in [1.29, 1.82) is 0 Å². The molecule has 22 heavy (non-hydrogen) atoms. The molecular weight excluding hydrogens is 290 g/mol. The first kappa shape index (κ1) is 13.2. The fourth-order valence-electron chi connectivity index (χ4n) is 1.25. The molecule has 13 heteroatoms. The maximum atomic E-state index is 7.28. The number of hydrogen-bond donors (Lipinski definition) is 0. The van der Waals surface area contributed by atoms with Gasteiger partial charge in [0.1, 0.15) is 19.0 Å². The van der Waals surface area contributed by atoms with E-state index in [2.05, 4.69) is 55.5 Å². The van der Waals surface area contributed by atoms with Crippen LogP contribution in [0.5, 0.6) is 0 Å². The summed E-state index contributed by atoms with van der Waals surface area (Å²) in [4.78, 5) is 33.6. The summed E-state index contributed by atoms with van der Waals surface area (Å²) < 4.78 is 0. The summed E-state index contributed by atoms with van der Waals surface area (Å²) >= 11 is 0. The lowest BCUT2D eigenvalue weighted by Crippen LogP contribution is -2.05. The SMILES string of the molecule is [NH]c1ncnc([N]c2ncnc([N]c3ncnc([NH])n3)n2)n1. The van der Waals surface area contributed by atoms with Crippen molar-refractivity contribution in [2.75, 3.05) is 0 Å². The van der Waals surface area contributed by atoms with Gasteiger partial charge in [-0.3, -0.25) is 11.5 Å². The average Bonchev–Trinajstić information content (AvgIpc) is 2.47. The Morgan fingerprint density at radius 1 is 0.545 bits per heavy atom. The van der Waals surface area contributed by atoms with Crippen molar-refractivity contribution in [3.8, 4) is 0 Å². The van der Waals surface area contributed by atoms with Gasteiger partial charge in [0.05, 0.1) is 0 Å². The molecule has 0 amide bonds. The van der Waals surface area contributed by atoms with E-state index < -0.39 is 0 Å². The van der Waals surface area contributed by atoms with Crippen LogP contribution in [0.4, 0.5) is 35.7 Å². The molecule has 3 aromatic heterocycles. The van der Waals surface area contributed by atoms with Gasteiger partial charge in [-0.1, -0.05) is 0 Å². The molecule has 0 saturated heterocycles. The Morgan fingerprint density at radius 2 is 0.909 bits per heavy atom. The molecule has 3 aromatic rings. The zero-order chi connectivity index (χ0) is 15.4. The zero-order valence-corrected chi connectivity index (χ0v) is 10.7. The molecule has 0 aromatic carbocycles. The molecule has 0 saturated carbocycles. The molecule has 0 atom stereocenters. The maximum Gasteiger partial charge on any atom is 0.257 e. The van der Waals surface area contributed by atoms with E-state index in [1.807, 2.05) is 0 Å². The van der Waals surface area contributed by atoms with E-state index in [1.54, 1.807) is 0 Å². The van der Waals surface area contributed by atoms with Crippen LogP contribution in [0.25, 0.3) is 0 Å². The molecule has 0 aliphatic heterocycles. The predicted octanol–water partition coefficient (Wildman–Crippen LogP) is -0.794. The Hall–Kier alpha value is -3.77. The standard InChI is InChI=1S/C9H5N13/c10-4-12-1-14-6(18-4)20-8-16-3-17-9(22-8)21-7-15-2-13-5(11)19-7/h1-3,10-11H. The van der Waals surface area contributed by atoms with E-state index in [4.69, 9.17) is 11.5 Å². The molecule has 3 heterocycles. The number of hydrogen-bond acceptors (Lipinski definition) is 9. The summed E-state index contributed by atoms with van der Waals surface area (Å²) in [6, 6.07) is 0. The summed E-state index contributed by atoms with van der Waals surface area (Å²) in [7, 11) is 0. The predicted molar refractivity (Wildman–Crippen MR) is 67.9 cm³/mol. The Balaban J connectivity index is 1.78. The Bertz CT molecular complexity index is 727. The molecule has 0 unspecified atom stereocenters. The first-order valence-electron chi connectivity index (χ1n) is 5.63. The monoisotopic (exact) mass is 295 g/mol. The third-order valence-electron chi connectivity index (χ3n) is 2.06. The number of nitrogens with zero attached hydrogens (tertiary/aromatic N) is 11. The highest BCUT2D eigenvalue weighted by molar-refractivity contribution is 5.35. The number of nitrogens with one attached hydrogen (secondary N) is 2. The summed E-state index contributed by atoms with van der Waals surface area (Å²) in [6.07, 6.45) is 3.50. The fraction of sp³-hybridized carbons (Fsp3) is 0. The Labute approximate surface area is 122 Å². The smallest absolute Gasteiger partial charge is 0.257 e. The van der Waals surface area contributed by atoms with Crippen molar-refractivity contribution in [1.82, 2.24) is 67.0 Å². The molecule has 3 rings (SSSR count). The van der Waals surface area contributed by atoms with Crippen LogP contribution in [-0.4, -0.2) is 44.9 Å². The van der Waals surface area contributed by atoms with Gasteiger partial charge in [0.25, 0.3) is 23.8 Å². The third kappa shape index (κ3) is 3.21. The van der Waals surface area contributed by atoms with Crippen molar-refractivity contribution in [2.45, 2.75) is 0 Å². The lowest BCUT2D eigenvalue weighted by Gasteiger charge is -2.01. The second-order valence-electron chi connectivity index (χ2n) is 3.53. The summed E-state index contributed by atoms with van der Waals surface area (Å²) in [5, 5.41) is 7.85. The number of rotatable bonds is 4. The molecule has 0 bridgehead atoms. The highest BCUT2D eigenvalue weighted by Gasteiger charge is 2.09. The van der Waals surface area contributed by atoms with Gasteiger partial charge in [0.15, 0.2) is 0 Å². The average molecular weight is 295 g/mol. The lowest BCUT2D eigenvalue weighted by molar-refractivity contribution is 0.853. The van der Waals surface area contributed by atoms with E-state index in [9.17, 15) is 0 Å². The van der Waals surface area contributed by atoms with Gasteiger partial charge in [-0.15, -0.1) is 0 Å². The highest BCUT2D eigenvalue weighted by atomic mass is 15.3. The van der Waals surface area contributed by atoms with Gasteiger partial charge in [0, 0.05) is 0 Å². The minimum Gasteiger partial charge on any atom is -0.265 e. The topological polar surface area (TPSA) is 192 Å². The number of aromatic nitrogens is 9. The first-order valence-corrected chi connectivity index (χ1v) is 5.63. The van der Waals surface area contributed by atoms with E-state index >= 15 is 0 Å². The van der Waals surface area contributed by atoms with Gasteiger partial charge >= 0.3 is 0 Å². The van der Waals surface area contributed by atoms with Crippen LogP contribution < -0.4 is 22.1 Å². The van der Waals surface area contributed by atoms with Crippen LogP contribution in [0.15, 0.2) is 19.0 Å². The second kappa shape index (κ2) is 5.70. The van der Waals surface area contributed by atoms with Crippen LogP contribution in [0.3, 0.4) is 0 Å². The van der Waals surface area contributed by atoms with E-state index in [-0.39, 0.29) is 35.7 Å². The molecule has 13 nitrogen and oxygen atoms in total. The van der Waals surface area contributed by atoms with Gasteiger partial charge in [-0.2, -0.15) is 55.5 Å². The van der Waals surface area contributed by atoms with Crippen LogP contribution in [0.2, 0.25) is 0 Å². The van der Waals surface area contributed by atoms with E-state index in [1.165, 1.54) is 6.33 Å². The maximum absolute atomic E-state index is 7.28. The molecule has 0 fully saturated rings. The minimum absolute atomic E-state index is 0.000460. The Kier molecular flexibility index (Phi) is 3.42. The molecule has 4 radical (unpaired) electrons. The van der Waals surface area contributed by atoms with Crippen molar-refractivity contribution < 1.29 is 0 Å². The summed E-state index contributed by atoms with van der Waals surface area (Å²) in [5.41, 5.74) is 14.6. The molecule has 0 spiro atoms. The largest absolute Gasteiger partial charge is 0.265 e. The first-order chi connectivity index (χ1) is 10.7. The van der Waals surface area contributed by atoms with E-state index in [0.717, 1.165) is 12.7 Å². The normalized spacial score (nSPS) is 10.2. The Morgan fingerprint density at radius 3 is 1.32 bits per heavy atom. The van der Waals surface area contributed by atoms with Crippen LogP contribution >= 0.6 is 0 Å². The van der Waals surface area contributed by atoms with E-state index in [0.29, 0.717) is 0 Å². The van der Waals surface area contributed by atoms with Crippen molar-refractivity contribution in [2.24, 2.45) is 0 Å². The van der Waals surface area contributed by atoms with Gasteiger partial charge in [0.2, 0.25) is 11.9 Å². The zero-order valence-electron chi connectivity index (χ0n) is 10.7. The lowest BCUT2D eigenvalue weighted by atomic mass is 10.7. The van der Waals surface area contributed by atoms with Crippen molar-refractivity contribution in [3.63, 3.8) is 0 Å². The molecule has 0 aliphatic rings. The third-order valence-corrected chi connectivity index (χ3v) is 2.06. The molecule has 0 aliphatic carbocycles. The van der Waals surface area contributed by atoms with Crippen LogP contribution in [0.1, 0.15) is 0 Å². The van der Waals surface area contributed by atoms with Crippen LogP contribution in [0, 0.1) is 0 Å². The highest BCUT2D eigenvalue weighted by Crippen LogP contribution is 2.11.